The molecule has 4 rings (SSSR count). The van der Waals surface area contributed by atoms with Gasteiger partial charge in [-0.15, -0.1) is 0 Å². The molecule has 0 aliphatic heterocycles. The van der Waals surface area contributed by atoms with E-state index < -0.39 is 12.1 Å². The van der Waals surface area contributed by atoms with Crippen molar-refractivity contribution in [1.29, 1.82) is 0 Å². The minimum atomic E-state index is -0.937. The summed E-state index contributed by atoms with van der Waals surface area (Å²) in [5, 5.41) is 9.64. The third-order valence-electron chi connectivity index (χ3n) is 6.65. The van der Waals surface area contributed by atoms with E-state index in [1.165, 1.54) is 22.3 Å². The van der Waals surface area contributed by atoms with Crippen molar-refractivity contribution in [3.8, 4) is 16.9 Å². The number of benzene rings is 4. The van der Waals surface area contributed by atoms with Crippen molar-refractivity contribution in [2.24, 2.45) is 0 Å². The molecule has 1 unspecified atom stereocenters. The maximum absolute atomic E-state index is 11.8. The highest BCUT2D eigenvalue weighted by Gasteiger charge is 2.18. The maximum Gasteiger partial charge on any atom is 0.333 e. The molecule has 4 nitrogen and oxygen atoms in total. The van der Waals surface area contributed by atoms with Crippen LogP contribution in [0.25, 0.3) is 11.1 Å². The zero-order valence-corrected chi connectivity index (χ0v) is 22.5. The van der Waals surface area contributed by atoms with Crippen molar-refractivity contribution in [2.45, 2.75) is 45.1 Å². The molecule has 0 bridgehead atoms. The van der Waals surface area contributed by atoms with E-state index in [2.05, 4.69) is 48.5 Å². The lowest BCUT2D eigenvalue weighted by molar-refractivity contribution is -0.150. The molecule has 4 aromatic carbocycles. The Labute approximate surface area is 231 Å². The van der Waals surface area contributed by atoms with Crippen molar-refractivity contribution in [2.75, 3.05) is 6.61 Å². The molecule has 0 spiro atoms. The summed E-state index contributed by atoms with van der Waals surface area (Å²) in [5.74, 6) is 0.645. The van der Waals surface area contributed by atoms with Gasteiger partial charge >= 0.3 is 5.97 Å². The number of aryl methyl sites for hydroxylation is 1. The van der Waals surface area contributed by atoms with Crippen LogP contribution in [0.15, 0.2) is 121 Å². The lowest BCUT2D eigenvalue weighted by atomic mass is 10.0. The third kappa shape index (κ3) is 8.98. The van der Waals surface area contributed by atoms with E-state index in [-0.39, 0.29) is 0 Å². The summed E-state index contributed by atoms with van der Waals surface area (Å²) < 4.78 is 11.9. The summed E-state index contributed by atoms with van der Waals surface area (Å²) in [6.07, 6.45) is 4.88. The van der Waals surface area contributed by atoms with Crippen molar-refractivity contribution in [3.05, 3.63) is 138 Å². The van der Waals surface area contributed by atoms with Crippen LogP contribution in [0, 0.1) is 0 Å². The molecule has 200 valence electrons. The van der Waals surface area contributed by atoms with Gasteiger partial charge in [-0.05, 0) is 72.2 Å². The van der Waals surface area contributed by atoms with Gasteiger partial charge in [-0.2, -0.15) is 0 Å². The van der Waals surface area contributed by atoms with Crippen molar-refractivity contribution in [3.63, 3.8) is 0 Å². The Bertz CT molecular complexity index is 1310. The summed E-state index contributed by atoms with van der Waals surface area (Å²) >= 11 is 0. The van der Waals surface area contributed by atoms with E-state index in [1.54, 1.807) is 0 Å². The SMILES string of the molecule is CC=C(Cc1ccc(-c2ccccc2)cc1)Oc1ccc(CC(OCCCCc2ccccc2)C(=O)O)cc1. The predicted molar refractivity (Wildman–Crippen MR) is 157 cm³/mol. The Hall–Kier alpha value is -4.15. The van der Waals surface area contributed by atoms with Crippen molar-refractivity contribution >= 4 is 5.97 Å². The number of rotatable bonds is 14. The number of carbonyl (C=O) groups is 1. The van der Waals surface area contributed by atoms with Gasteiger partial charge in [0.1, 0.15) is 11.5 Å². The molecule has 0 radical (unpaired) electrons. The Morgan fingerprint density at radius 3 is 2.00 bits per heavy atom. The zero-order valence-electron chi connectivity index (χ0n) is 22.5. The van der Waals surface area contributed by atoms with Gasteiger partial charge in [-0.25, -0.2) is 4.79 Å². The van der Waals surface area contributed by atoms with E-state index in [4.69, 9.17) is 9.47 Å². The largest absolute Gasteiger partial charge is 0.479 e. The summed E-state index contributed by atoms with van der Waals surface area (Å²) in [6.45, 7) is 2.40. The van der Waals surface area contributed by atoms with Crippen LogP contribution >= 0.6 is 0 Å². The molecule has 39 heavy (non-hydrogen) atoms. The summed E-state index contributed by atoms with van der Waals surface area (Å²) in [6, 6.07) is 36.7. The third-order valence-corrected chi connectivity index (χ3v) is 6.65. The van der Waals surface area contributed by atoms with Crippen LogP contribution in [0.4, 0.5) is 0 Å². The number of carboxylic acids is 1. The second-order valence-electron chi connectivity index (χ2n) is 9.59. The quantitative estimate of drug-likeness (QED) is 0.136. The normalized spacial score (nSPS) is 12.2. The first-order chi connectivity index (χ1) is 19.1. The van der Waals surface area contributed by atoms with Gasteiger partial charge in [0.15, 0.2) is 6.10 Å². The van der Waals surface area contributed by atoms with Gasteiger partial charge in [-0.1, -0.05) is 97.1 Å². The van der Waals surface area contributed by atoms with Crippen LogP contribution in [-0.2, 0) is 28.8 Å². The summed E-state index contributed by atoms with van der Waals surface area (Å²) in [5.41, 5.74) is 5.75. The second kappa shape index (κ2) is 14.7. The van der Waals surface area contributed by atoms with Crippen LogP contribution < -0.4 is 4.74 Å². The average Bonchev–Trinajstić information content (AvgIpc) is 2.98. The molecule has 0 aliphatic carbocycles. The topological polar surface area (TPSA) is 55.8 Å². The number of ether oxygens (including phenoxy) is 2. The van der Waals surface area contributed by atoms with E-state index in [1.807, 2.05) is 73.7 Å². The number of unbranched alkanes of at least 4 members (excludes halogenated alkanes) is 1. The van der Waals surface area contributed by atoms with E-state index in [0.29, 0.717) is 19.4 Å². The molecule has 0 amide bonds. The number of hydrogen-bond donors (Lipinski definition) is 1. The molecule has 0 saturated carbocycles. The lowest BCUT2D eigenvalue weighted by Crippen LogP contribution is -2.26. The Kier molecular flexibility index (Phi) is 10.5. The highest BCUT2D eigenvalue weighted by molar-refractivity contribution is 5.72. The fourth-order valence-corrected chi connectivity index (χ4v) is 4.42. The molecular weight excluding hydrogens is 484 g/mol. The number of hydrogen-bond acceptors (Lipinski definition) is 3. The molecule has 0 aromatic heterocycles. The van der Waals surface area contributed by atoms with Gasteiger partial charge in [-0.3, -0.25) is 0 Å². The van der Waals surface area contributed by atoms with E-state index in [9.17, 15) is 9.90 Å². The fourth-order valence-electron chi connectivity index (χ4n) is 4.42. The first kappa shape index (κ1) is 27.9. The molecule has 4 heteroatoms. The van der Waals surface area contributed by atoms with Gasteiger partial charge in [0.25, 0.3) is 0 Å². The number of aliphatic carboxylic acids is 1. The molecule has 1 N–H and O–H groups in total. The van der Waals surface area contributed by atoms with E-state index >= 15 is 0 Å². The van der Waals surface area contributed by atoms with Gasteiger partial charge in [0.2, 0.25) is 0 Å². The Morgan fingerprint density at radius 2 is 1.36 bits per heavy atom. The average molecular weight is 521 g/mol. The number of carboxylic acid groups (broad SMARTS) is 1. The molecule has 4 aromatic rings. The van der Waals surface area contributed by atoms with Crippen LogP contribution in [0.3, 0.4) is 0 Å². The summed E-state index contributed by atoms with van der Waals surface area (Å²) in [4.78, 5) is 11.8. The van der Waals surface area contributed by atoms with Gasteiger partial charge in [0.05, 0.1) is 0 Å². The Morgan fingerprint density at radius 1 is 0.744 bits per heavy atom. The highest BCUT2D eigenvalue weighted by atomic mass is 16.5. The second-order valence-corrected chi connectivity index (χ2v) is 9.59. The molecular formula is C35H36O4. The smallest absolute Gasteiger partial charge is 0.333 e. The van der Waals surface area contributed by atoms with Crippen molar-refractivity contribution in [1.82, 2.24) is 0 Å². The standard InChI is InChI=1S/C35H36O4/c1-2-32(25-28-16-20-31(21-17-28)30-14-7-4-8-15-30)39-33-22-18-29(19-23-33)26-34(35(36)37)38-24-10-9-13-27-11-5-3-6-12-27/h2-8,11-12,14-23,34H,9-10,13,24-26H2,1H3,(H,36,37). The molecule has 0 fully saturated rings. The molecule has 0 heterocycles. The monoisotopic (exact) mass is 520 g/mol. The van der Waals surface area contributed by atoms with Crippen LogP contribution in [0.2, 0.25) is 0 Å². The lowest BCUT2D eigenvalue weighted by Gasteiger charge is -2.15. The summed E-state index contributed by atoms with van der Waals surface area (Å²) in [7, 11) is 0. The minimum Gasteiger partial charge on any atom is -0.479 e. The van der Waals surface area contributed by atoms with Crippen LogP contribution in [0.5, 0.6) is 5.75 Å². The van der Waals surface area contributed by atoms with Crippen LogP contribution in [-0.4, -0.2) is 23.8 Å². The zero-order chi connectivity index (χ0) is 27.3. The molecule has 1 atom stereocenters. The van der Waals surface area contributed by atoms with Gasteiger partial charge in [0, 0.05) is 19.4 Å². The van der Waals surface area contributed by atoms with E-state index in [0.717, 1.165) is 36.3 Å². The number of allylic oxidation sites excluding steroid dienone is 2. The Balaban J connectivity index is 1.24. The highest BCUT2D eigenvalue weighted by Crippen LogP contribution is 2.22. The fraction of sp³-hybridized carbons (Fsp3) is 0.229. The maximum atomic E-state index is 11.8. The van der Waals surface area contributed by atoms with Crippen LogP contribution in [0.1, 0.15) is 36.5 Å². The molecule has 0 saturated heterocycles. The first-order valence-corrected chi connectivity index (χ1v) is 13.6. The molecule has 0 aliphatic rings. The van der Waals surface area contributed by atoms with Gasteiger partial charge < -0.3 is 14.6 Å². The minimum absolute atomic E-state index is 0.318. The van der Waals surface area contributed by atoms with Crippen molar-refractivity contribution < 1.29 is 19.4 Å². The predicted octanol–water partition coefficient (Wildman–Crippen LogP) is 7.91. The first-order valence-electron chi connectivity index (χ1n) is 13.6.